The number of hydrogen-bond acceptors (Lipinski definition) is 3. The zero-order chi connectivity index (χ0) is 21.8. The van der Waals surface area contributed by atoms with E-state index in [2.05, 4.69) is 24.0 Å². The second-order valence-corrected chi connectivity index (χ2v) is 8.21. The number of likely N-dealkylation sites (tertiary alicyclic amines) is 1. The van der Waals surface area contributed by atoms with Gasteiger partial charge in [0, 0.05) is 24.2 Å². The van der Waals surface area contributed by atoms with Crippen LogP contribution in [0, 0.1) is 0 Å². The first-order valence-electron chi connectivity index (χ1n) is 10.9. The Bertz CT molecular complexity index is 1020. The smallest absolute Gasteiger partial charge is 0.261 e. The van der Waals surface area contributed by atoms with Crippen LogP contribution < -0.4 is 10.2 Å². The number of fused-ring (bicyclic) bond motifs is 1. The molecule has 0 atom stereocenters. The molecule has 31 heavy (non-hydrogen) atoms. The van der Waals surface area contributed by atoms with E-state index in [4.69, 9.17) is 0 Å². The number of imide groups is 1. The Morgan fingerprint density at radius 3 is 2.45 bits per heavy atom. The van der Waals surface area contributed by atoms with Gasteiger partial charge in [0.2, 0.25) is 0 Å². The second kappa shape index (κ2) is 9.27. The largest absolute Gasteiger partial charge is 0.348 e. The molecule has 2 aromatic rings. The summed E-state index contributed by atoms with van der Waals surface area (Å²) in [6.45, 7) is 7.54. The molecule has 6 nitrogen and oxygen atoms in total. The van der Waals surface area contributed by atoms with Gasteiger partial charge in [0.25, 0.3) is 17.7 Å². The highest BCUT2D eigenvalue weighted by molar-refractivity contribution is 6.22. The average Bonchev–Trinajstić information content (AvgIpc) is 3.03. The number of hydrogen-bond donors (Lipinski definition) is 2. The predicted octanol–water partition coefficient (Wildman–Crippen LogP) is 1.97. The van der Waals surface area contributed by atoms with Crippen molar-refractivity contribution in [3.05, 3.63) is 82.9 Å². The van der Waals surface area contributed by atoms with E-state index in [-0.39, 0.29) is 29.8 Å². The fraction of sp³-hybridized carbons (Fsp3) is 0.320. The van der Waals surface area contributed by atoms with Crippen LogP contribution in [-0.4, -0.2) is 42.3 Å². The Balaban J connectivity index is 1.44. The first-order valence-corrected chi connectivity index (χ1v) is 10.9. The Hall–Kier alpha value is -3.25. The minimum absolute atomic E-state index is 0.156. The van der Waals surface area contributed by atoms with Crippen molar-refractivity contribution in [2.75, 3.05) is 19.6 Å². The molecular weight excluding hydrogens is 390 g/mol. The number of quaternary nitrogens is 1. The maximum absolute atomic E-state index is 12.8. The molecule has 2 aliphatic rings. The SMILES string of the molecule is C=CCN1C(=O)c2ccc(C(=O)NCc3ccccc3C[NH+]3CCCCC3)cc2C1=O. The molecule has 1 fully saturated rings. The fourth-order valence-corrected chi connectivity index (χ4v) is 4.40. The highest BCUT2D eigenvalue weighted by atomic mass is 16.2. The standard InChI is InChI=1S/C25H27N3O3/c1-2-12-28-24(30)21-11-10-18(15-22(21)25(28)31)23(29)26-16-19-8-4-5-9-20(19)17-27-13-6-3-7-14-27/h2,4-5,8-11,15H,1,3,6-7,12-14,16-17H2,(H,26,29)/p+1. The van der Waals surface area contributed by atoms with Crippen LogP contribution in [-0.2, 0) is 13.1 Å². The van der Waals surface area contributed by atoms with Gasteiger partial charge < -0.3 is 10.2 Å². The highest BCUT2D eigenvalue weighted by Crippen LogP contribution is 2.24. The topological polar surface area (TPSA) is 70.9 Å². The summed E-state index contributed by atoms with van der Waals surface area (Å²) in [5.74, 6) is -0.990. The first kappa shape index (κ1) is 21.0. The van der Waals surface area contributed by atoms with Gasteiger partial charge in [0.15, 0.2) is 0 Å². The number of nitrogens with zero attached hydrogens (tertiary/aromatic N) is 1. The lowest BCUT2D eigenvalue weighted by Crippen LogP contribution is -3.11. The quantitative estimate of drug-likeness (QED) is 0.534. The van der Waals surface area contributed by atoms with E-state index in [9.17, 15) is 14.4 Å². The minimum Gasteiger partial charge on any atom is -0.348 e. The van der Waals surface area contributed by atoms with Gasteiger partial charge in [-0.05, 0) is 43.0 Å². The number of benzene rings is 2. The van der Waals surface area contributed by atoms with E-state index in [1.807, 2.05) is 12.1 Å². The minimum atomic E-state index is -0.385. The molecule has 2 N–H and O–H groups in total. The van der Waals surface area contributed by atoms with Crippen molar-refractivity contribution in [3.8, 4) is 0 Å². The summed E-state index contributed by atoms with van der Waals surface area (Å²) < 4.78 is 0. The summed E-state index contributed by atoms with van der Waals surface area (Å²) in [7, 11) is 0. The molecule has 0 radical (unpaired) electrons. The van der Waals surface area contributed by atoms with E-state index in [0.29, 0.717) is 17.7 Å². The summed E-state index contributed by atoms with van der Waals surface area (Å²) in [5.41, 5.74) is 3.35. The van der Waals surface area contributed by atoms with Crippen molar-refractivity contribution < 1.29 is 19.3 Å². The van der Waals surface area contributed by atoms with Crippen molar-refractivity contribution in [2.45, 2.75) is 32.4 Å². The van der Waals surface area contributed by atoms with Crippen LogP contribution in [0.1, 0.15) is 61.5 Å². The molecule has 4 rings (SSSR count). The summed E-state index contributed by atoms with van der Waals surface area (Å²) >= 11 is 0. The van der Waals surface area contributed by atoms with Gasteiger partial charge in [-0.1, -0.05) is 30.3 Å². The van der Waals surface area contributed by atoms with Gasteiger partial charge in [-0.2, -0.15) is 0 Å². The molecule has 2 heterocycles. The van der Waals surface area contributed by atoms with Gasteiger partial charge in [0.1, 0.15) is 6.54 Å². The van der Waals surface area contributed by atoms with Crippen molar-refractivity contribution in [3.63, 3.8) is 0 Å². The number of amides is 3. The third-order valence-corrected chi connectivity index (χ3v) is 6.10. The average molecular weight is 419 g/mol. The van der Waals surface area contributed by atoms with Crippen LogP contribution in [0.4, 0.5) is 0 Å². The summed E-state index contributed by atoms with van der Waals surface area (Å²) in [5, 5.41) is 2.97. The van der Waals surface area contributed by atoms with Crippen LogP contribution >= 0.6 is 0 Å². The number of rotatable bonds is 7. The lowest BCUT2D eigenvalue weighted by molar-refractivity contribution is -0.918. The molecule has 0 saturated carbocycles. The number of carbonyl (C=O) groups is 3. The number of piperidine rings is 1. The summed E-state index contributed by atoms with van der Waals surface area (Å²) in [6.07, 6.45) is 5.38. The zero-order valence-corrected chi connectivity index (χ0v) is 17.7. The Morgan fingerprint density at radius 2 is 1.71 bits per heavy atom. The van der Waals surface area contributed by atoms with E-state index in [1.54, 1.807) is 17.0 Å². The zero-order valence-electron chi connectivity index (χ0n) is 17.7. The van der Waals surface area contributed by atoms with Crippen LogP contribution in [0.3, 0.4) is 0 Å². The molecule has 1 saturated heterocycles. The summed E-state index contributed by atoms with van der Waals surface area (Å²) in [6, 6.07) is 12.9. The molecule has 160 valence electrons. The molecule has 0 aromatic heterocycles. The van der Waals surface area contributed by atoms with Crippen LogP contribution in [0.2, 0.25) is 0 Å². The second-order valence-electron chi connectivity index (χ2n) is 8.21. The monoisotopic (exact) mass is 418 g/mol. The molecule has 0 aliphatic carbocycles. The molecule has 0 spiro atoms. The molecular formula is C25H28N3O3+. The van der Waals surface area contributed by atoms with Gasteiger partial charge in [-0.15, -0.1) is 6.58 Å². The molecule has 6 heteroatoms. The Labute approximate surface area is 182 Å². The third kappa shape index (κ3) is 4.44. The van der Waals surface area contributed by atoms with Gasteiger partial charge in [-0.25, -0.2) is 0 Å². The maximum Gasteiger partial charge on any atom is 0.261 e. The van der Waals surface area contributed by atoms with E-state index in [0.717, 1.165) is 17.0 Å². The normalized spacial score (nSPS) is 16.3. The van der Waals surface area contributed by atoms with Crippen molar-refractivity contribution in [1.29, 1.82) is 0 Å². The molecule has 3 amide bonds. The Kier molecular flexibility index (Phi) is 6.28. The van der Waals surface area contributed by atoms with Crippen LogP contribution in [0.5, 0.6) is 0 Å². The van der Waals surface area contributed by atoms with Crippen LogP contribution in [0.25, 0.3) is 0 Å². The predicted molar refractivity (Wildman–Crippen MR) is 118 cm³/mol. The van der Waals surface area contributed by atoms with E-state index >= 15 is 0 Å². The van der Waals surface area contributed by atoms with E-state index < -0.39 is 0 Å². The highest BCUT2D eigenvalue weighted by Gasteiger charge is 2.35. The van der Waals surface area contributed by atoms with Crippen molar-refractivity contribution in [2.24, 2.45) is 0 Å². The lowest BCUT2D eigenvalue weighted by atomic mass is 10.0. The lowest BCUT2D eigenvalue weighted by Gasteiger charge is -2.24. The molecule has 0 bridgehead atoms. The number of nitrogens with one attached hydrogen (secondary N) is 2. The first-order chi connectivity index (χ1) is 15.1. The van der Waals surface area contributed by atoms with E-state index in [1.165, 1.54) is 50.1 Å². The molecule has 0 unspecified atom stereocenters. The summed E-state index contributed by atoms with van der Waals surface area (Å²) in [4.78, 5) is 40.4. The number of carbonyl (C=O) groups excluding carboxylic acids is 3. The molecule has 2 aliphatic heterocycles. The van der Waals surface area contributed by atoms with Gasteiger partial charge in [0.05, 0.1) is 24.2 Å². The molecule has 2 aromatic carbocycles. The third-order valence-electron chi connectivity index (χ3n) is 6.10. The van der Waals surface area contributed by atoms with Gasteiger partial charge in [-0.3, -0.25) is 19.3 Å². The fourth-order valence-electron chi connectivity index (χ4n) is 4.40. The van der Waals surface area contributed by atoms with Crippen LogP contribution in [0.15, 0.2) is 55.1 Å². The maximum atomic E-state index is 12.8. The Morgan fingerprint density at radius 1 is 1.00 bits per heavy atom. The van der Waals surface area contributed by atoms with Gasteiger partial charge >= 0.3 is 0 Å². The van der Waals surface area contributed by atoms with Crippen molar-refractivity contribution in [1.82, 2.24) is 10.2 Å². The van der Waals surface area contributed by atoms with Crippen molar-refractivity contribution >= 4 is 17.7 Å².